The van der Waals surface area contributed by atoms with Crippen LogP contribution in [0.15, 0.2) is 23.1 Å². The van der Waals surface area contributed by atoms with Gasteiger partial charge in [0.1, 0.15) is 0 Å². The van der Waals surface area contributed by atoms with E-state index in [9.17, 15) is 4.79 Å². The second-order valence-electron chi connectivity index (χ2n) is 4.13. The van der Waals surface area contributed by atoms with Crippen LogP contribution in [0.3, 0.4) is 0 Å². The first-order valence-corrected chi connectivity index (χ1v) is 6.52. The van der Waals surface area contributed by atoms with E-state index in [1.807, 2.05) is 24.1 Å². The summed E-state index contributed by atoms with van der Waals surface area (Å²) in [5, 5.41) is 11.7. The molecular formula is C12H16N2O2S. The highest BCUT2D eigenvalue weighted by atomic mass is 32.2. The van der Waals surface area contributed by atoms with Crippen molar-refractivity contribution in [3.8, 4) is 0 Å². The number of hydrogen-bond donors (Lipinski definition) is 2. The van der Waals surface area contributed by atoms with E-state index in [0.29, 0.717) is 12.3 Å². The summed E-state index contributed by atoms with van der Waals surface area (Å²) in [6.07, 6.45) is 0. The summed E-state index contributed by atoms with van der Waals surface area (Å²) in [6, 6.07) is 6.12. The summed E-state index contributed by atoms with van der Waals surface area (Å²) >= 11 is 1.57. The van der Waals surface area contributed by atoms with E-state index < -0.39 is 0 Å². The highest BCUT2D eigenvalue weighted by Crippen LogP contribution is 2.32. The summed E-state index contributed by atoms with van der Waals surface area (Å²) < 4.78 is 0. The molecule has 0 aliphatic carbocycles. The number of rotatable bonds is 4. The number of likely N-dealkylation sites (N-methyl/N-ethyl adjacent to an activating group) is 1. The molecule has 1 heterocycles. The monoisotopic (exact) mass is 252 g/mol. The topological polar surface area (TPSA) is 52.6 Å². The number of carbonyl (C=O) groups is 1. The van der Waals surface area contributed by atoms with Gasteiger partial charge in [-0.2, -0.15) is 0 Å². The number of nitrogens with one attached hydrogen (secondary N) is 1. The van der Waals surface area contributed by atoms with E-state index in [-0.39, 0.29) is 12.5 Å². The highest BCUT2D eigenvalue weighted by molar-refractivity contribution is 8.00. The average Bonchev–Trinajstić information content (AvgIpc) is 2.28. The number of thioether (sulfide) groups is 1. The Morgan fingerprint density at radius 1 is 1.53 bits per heavy atom. The number of anilines is 1. The van der Waals surface area contributed by atoms with Gasteiger partial charge in [0.25, 0.3) is 0 Å². The molecule has 1 aliphatic rings. The molecule has 2 rings (SSSR count). The molecule has 0 spiro atoms. The van der Waals surface area contributed by atoms with Crippen molar-refractivity contribution < 1.29 is 9.90 Å². The lowest BCUT2D eigenvalue weighted by atomic mass is 10.2. The molecule has 2 N–H and O–H groups in total. The molecule has 0 saturated heterocycles. The van der Waals surface area contributed by atoms with Gasteiger partial charge in [-0.1, -0.05) is 6.07 Å². The largest absolute Gasteiger partial charge is 0.395 e. The van der Waals surface area contributed by atoms with Gasteiger partial charge < -0.3 is 10.4 Å². The predicted octanol–water partition coefficient (Wildman–Crippen LogP) is 1.15. The number of aliphatic hydroxyl groups is 1. The molecule has 0 fully saturated rings. The Bertz CT molecular complexity index is 423. The van der Waals surface area contributed by atoms with Crippen molar-refractivity contribution in [2.24, 2.45) is 0 Å². The van der Waals surface area contributed by atoms with Crippen LogP contribution < -0.4 is 5.32 Å². The van der Waals surface area contributed by atoms with Crippen molar-refractivity contribution in [3.63, 3.8) is 0 Å². The van der Waals surface area contributed by atoms with Crippen LogP contribution in [0.2, 0.25) is 0 Å². The number of nitrogens with zero attached hydrogens (tertiary/aromatic N) is 1. The molecule has 0 radical (unpaired) electrons. The van der Waals surface area contributed by atoms with E-state index >= 15 is 0 Å². The summed E-state index contributed by atoms with van der Waals surface area (Å²) in [4.78, 5) is 14.5. The van der Waals surface area contributed by atoms with Crippen LogP contribution in [0, 0.1) is 0 Å². The van der Waals surface area contributed by atoms with Gasteiger partial charge in [0, 0.05) is 18.0 Å². The minimum atomic E-state index is 0.0587. The van der Waals surface area contributed by atoms with Crippen LogP contribution in [0.1, 0.15) is 5.56 Å². The first-order valence-electron chi connectivity index (χ1n) is 5.54. The Balaban J connectivity index is 2.10. The SMILES string of the molecule is CN(CCO)Cc1ccc2c(c1)NC(=O)CS2. The lowest BCUT2D eigenvalue weighted by Crippen LogP contribution is -2.22. The lowest BCUT2D eigenvalue weighted by Gasteiger charge is -2.19. The van der Waals surface area contributed by atoms with E-state index in [0.717, 1.165) is 22.7 Å². The van der Waals surface area contributed by atoms with Crippen molar-refractivity contribution in [3.05, 3.63) is 23.8 Å². The molecule has 0 saturated carbocycles. The zero-order valence-electron chi connectivity index (χ0n) is 9.77. The van der Waals surface area contributed by atoms with Crippen LogP contribution in [0.4, 0.5) is 5.69 Å². The van der Waals surface area contributed by atoms with Crippen LogP contribution in [-0.4, -0.2) is 41.9 Å². The summed E-state index contributed by atoms with van der Waals surface area (Å²) in [5.41, 5.74) is 2.05. The molecule has 1 aromatic rings. The fraction of sp³-hybridized carbons (Fsp3) is 0.417. The third-order valence-corrected chi connectivity index (χ3v) is 3.68. The number of hydrogen-bond acceptors (Lipinski definition) is 4. The molecular weight excluding hydrogens is 236 g/mol. The van der Waals surface area contributed by atoms with E-state index in [4.69, 9.17) is 5.11 Å². The molecule has 5 heteroatoms. The Morgan fingerprint density at radius 2 is 2.35 bits per heavy atom. The maximum Gasteiger partial charge on any atom is 0.234 e. The minimum Gasteiger partial charge on any atom is -0.395 e. The van der Waals surface area contributed by atoms with Crippen LogP contribution >= 0.6 is 11.8 Å². The zero-order chi connectivity index (χ0) is 12.3. The van der Waals surface area contributed by atoms with Crippen LogP contribution in [0.25, 0.3) is 0 Å². The number of benzene rings is 1. The molecule has 1 aromatic carbocycles. The van der Waals surface area contributed by atoms with E-state index in [1.54, 1.807) is 11.8 Å². The Morgan fingerprint density at radius 3 is 3.12 bits per heavy atom. The molecule has 0 atom stereocenters. The van der Waals surface area contributed by atoms with Crippen LogP contribution in [-0.2, 0) is 11.3 Å². The first kappa shape index (κ1) is 12.4. The standard InChI is InChI=1S/C12H16N2O2S/c1-14(4-5-15)7-9-2-3-11-10(6-9)13-12(16)8-17-11/h2-3,6,15H,4-5,7-8H2,1H3,(H,13,16). The molecule has 0 unspecified atom stereocenters. The fourth-order valence-electron chi connectivity index (χ4n) is 1.79. The molecule has 17 heavy (non-hydrogen) atoms. The maximum atomic E-state index is 11.3. The van der Waals surface area contributed by atoms with Crippen molar-refractivity contribution >= 4 is 23.4 Å². The van der Waals surface area contributed by atoms with Crippen molar-refractivity contribution in [2.45, 2.75) is 11.4 Å². The van der Waals surface area contributed by atoms with Gasteiger partial charge in [0.15, 0.2) is 0 Å². The second kappa shape index (κ2) is 5.53. The summed E-state index contributed by atoms with van der Waals surface area (Å²) in [7, 11) is 1.96. The van der Waals surface area contributed by atoms with Gasteiger partial charge >= 0.3 is 0 Å². The van der Waals surface area contributed by atoms with Gasteiger partial charge in [-0.05, 0) is 24.7 Å². The van der Waals surface area contributed by atoms with Gasteiger partial charge in [-0.25, -0.2) is 0 Å². The minimum absolute atomic E-state index is 0.0587. The number of carbonyl (C=O) groups excluding carboxylic acids is 1. The van der Waals surface area contributed by atoms with Crippen molar-refractivity contribution in [1.82, 2.24) is 4.90 Å². The van der Waals surface area contributed by atoms with Crippen molar-refractivity contribution in [2.75, 3.05) is 31.3 Å². The molecule has 92 valence electrons. The average molecular weight is 252 g/mol. The second-order valence-corrected chi connectivity index (χ2v) is 5.15. The number of amides is 1. The van der Waals surface area contributed by atoms with Crippen LogP contribution in [0.5, 0.6) is 0 Å². The van der Waals surface area contributed by atoms with Gasteiger partial charge in [0.05, 0.1) is 18.0 Å². The smallest absolute Gasteiger partial charge is 0.234 e. The van der Waals surface area contributed by atoms with Gasteiger partial charge in [0.2, 0.25) is 5.91 Å². The Hall–Kier alpha value is -1.04. The normalized spacial score (nSPS) is 14.6. The third kappa shape index (κ3) is 3.21. The Kier molecular flexibility index (Phi) is 4.04. The fourth-order valence-corrected chi connectivity index (χ4v) is 2.58. The summed E-state index contributed by atoms with van der Waals surface area (Å²) in [6.45, 7) is 1.58. The summed E-state index contributed by atoms with van der Waals surface area (Å²) in [5.74, 6) is 0.555. The third-order valence-electron chi connectivity index (χ3n) is 2.61. The maximum absolute atomic E-state index is 11.3. The van der Waals surface area contributed by atoms with Crippen molar-refractivity contribution in [1.29, 1.82) is 0 Å². The van der Waals surface area contributed by atoms with Gasteiger partial charge in [-0.15, -0.1) is 11.8 Å². The molecule has 1 aliphatic heterocycles. The van der Waals surface area contributed by atoms with Gasteiger partial charge in [-0.3, -0.25) is 9.69 Å². The number of aliphatic hydroxyl groups excluding tert-OH is 1. The molecule has 4 nitrogen and oxygen atoms in total. The number of fused-ring (bicyclic) bond motifs is 1. The zero-order valence-corrected chi connectivity index (χ0v) is 10.6. The molecule has 1 amide bonds. The van der Waals surface area contributed by atoms with E-state index in [1.165, 1.54) is 0 Å². The first-order chi connectivity index (χ1) is 8.19. The predicted molar refractivity (Wildman–Crippen MR) is 69.2 cm³/mol. The lowest BCUT2D eigenvalue weighted by molar-refractivity contribution is -0.113. The Labute approximate surface area is 105 Å². The van der Waals surface area contributed by atoms with E-state index in [2.05, 4.69) is 11.4 Å². The highest BCUT2D eigenvalue weighted by Gasteiger charge is 2.15. The molecule has 0 aromatic heterocycles. The molecule has 0 bridgehead atoms. The quantitative estimate of drug-likeness (QED) is 0.844.